The van der Waals surface area contributed by atoms with Crippen molar-refractivity contribution in [3.8, 4) is 0 Å². The van der Waals surface area contributed by atoms with E-state index < -0.39 is 0 Å². The number of hydrogen-bond donors (Lipinski definition) is 0. The van der Waals surface area contributed by atoms with Crippen LogP contribution in [0.15, 0.2) is 18.2 Å². The predicted molar refractivity (Wildman–Crippen MR) is 80.9 cm³/mol. The van der Waals surface area contributed by atoms with Gasteiger partial charge in [-0.05, 0) is 47.3 Å². The minimum atomic E-state index is 0.161. The van der Waals surface area contributed by atoms with Gasteiger partial charge in [-0.15, -0.1) is 0 Å². The standard InChI is InChI=1S/C18H26O/c1-7-14-11-17(3,4)16-10-13(12(2)19)8-9-15(16)18(14,5)6/h8-10,14H,7,11H2,1-6H3. The minimum absolute atomic E-state index is 0.161. The van der Waals surface area contributed by atoms with E-state index in [1.54, 1.807) is 6.92 Å². The number of hydrogen-bond acceptors (Lipinski definition) is 1. The highest BCUT2D eigenvalue weighted by atomic mass is 16.1. The fraction of sp³-hybridized carbons (Fsp3) is 0.611. The quantitative estimate of drug-likeness (QED) is 0.691. The fourth-order valence-corrected chi connectivity index (χ4v) is 3.74. The van der Waals surface area contributed by atoms with Crippen molar-refractivity contribution in [2.24, 2.45) is 5.92 Å². The Morgan fingerprint density at radius 2 is 1.84 bits per heavy atom. The van der Waals surface area contributed by atoms with Crippen molar-refractivity contribution in [3.05, 3.63) is 34.9 Å². The Hall–Kier alpha value is -1.11. The molecule has 1 atom stereocenters. The molecular formula is C18H26O. The molecule has 0 amide bonds. The molecule has 1 nitrogen and oxygen atoms in total. The Balaban J connectivity index is 2.64. The van der Waals surface area contributed by atoms with Gasteiger partial charge in [0.05, 0.1) is 0 Å². The number of carbonyl (C=O) groups is 1. The highest BCUT2D eigenvalue weighted by molar-refractivity contribution is 5.94. The first kappa shape index (κ1) is 14.3. The second-order valence-corrected chi connectivity index (χ2v) is 7.23. The molecule has 0 aromatic heterocycles. The monoisotopic (exact) mass is 258 g/mol. The average Bonchev–Trinajstić information content (AvgIpc) is 2.33. The van der Waals surface area contributed by atoms with Gasteiger partial charge in [-0.2, -0.15) is 0 Å². The summed E-state index contributed by atoms with van der Waals surface area (Å²) in [6.07, 6.45) is 2.41. The first-order chi connectivity index (χ1) is 8.70. The Kier molecular flexibility index (Phi) is 3.36. The largest absolute Gasteiger partial charge is 0.295 e. The van der Waals surface area contributed by atoms with Crippen molar-refractivity contribution < 1.29 is 4.79 Å². The fourth-order valence-electron chi connectivity index (χ4n) is 3.74. The third-order valence-corrected chi connectivity index (χ3v) is 5.12. The number of fused-ring (bicyclic) bond motifs is 1. The maximum atomic E-state index is 11.6. The van der Waals surface area contributed by atoms with Crippen LogP contribution in [0.1, 0.15) is 75.9 Å². The molecule has 0 saturated carbocycles. The molecule has 1 aliphatic rings. The van der Waals surface area contributed by atoms with E-state index >= 15 is 0 Å². The summed E-state index contributed by atoms with van der Waals surface area (Å²) in [5.41, 5.74) is 4.01. The Labute approximate surface area is 117 Å². The summed E-state index contributed by atoms with van der Waals surface area (Å²) in [6.45, 7) is 13.3. The van der Waals surface area contributed by atoms with E-state index in [1.165, 1.54) is 24.0 Å². The van der Waals surface area contributed by atoms with E-state index in [0.29, 0.717) is 5.92 Å². The van der Waals surface area contributed by atoms with Crippen LogP contribution in [0.4, 0.5) is 0 Å². The molecule has 1 aromatic rings. The van der Waals surface area contributed by atoms with Crippen molar-refractivity contribution >= 4 is 5.78 Å². The summed E-state index contributed by atoms with van der Waals surface area (Å²) in [5, 5.41) is 0. The third-order valence-electron chi connectivity index (χ3n) is 5.12. The molecule has 1 unspecified atom stereocenters. The molecule has 104 valence electrons. The van der Waals surface area contributed by atoms with Crippen molar-refractivity contribution in [1.29, 1.82) is 0 Å². The lowest BCUT2D eigenvalue weighted by Crippen LogP contribution is -2.41. The summed E-state index contributed by atoms with van der Waals surface area (Å²) in [4.78, 5) is 11.6. The smallest absolute Gasteiger partial charge is 0.159 e. The van der Waals surface area contributed by atoms with Crippen LogP contribution in [0.25, 0.3) is 0 Å². The number of ketones is 1. The minimum Gasteiger partial charge on any atom is -0.295 e. The molecule has 0 spiro atoms. The highest BCUT2D eigenvalue weighted by Crippen LogP contribution is 2.50. The van der Waals surface area contributed by atoms with Crippen LogP contribution in [0.2, 0.25) is 0 Å². The Morgan fingerprint density at radius 1 is 1.21 bits per heavy atom. The molecule has 0 N–H and O–H groups in total. The van der Waals surface area contributed by atoms with Crippen LogP contribution in [-0.2, 0) is 10.8 Å². The Bertz CT molecular complexity index is 508. The molecule has 1 heteroatoms. The number of carbonyl (C=O) groups excluding carboxylic acids is 1. The van der Waals surface area contributed by atoms with Gasteiger partial charge < -0.3 is 0 Å². The highest BCUT2D eigenvalue weighted by Gasteiger charge is 2.43. The lowest BCUT2D eigenvalue weighted by Gasteiger charge is -2.47. The lowest BCUT2D eigenvalue weighted by molar-refractivity contribution is 0.101. The summed E-state index contributed by atoms with van der Waals surface area (Å²) in [6, 6.07) is 6.32. The summed E-state index contributed by atoms with van der Waals surface area (Å²) < 4.78 is 0. The van der Waals surface area contributed by atoms with Gasteiger partial charge >= 0.3 is 0 Å². The molecule has 2 rings (SSSR count). The number of Topliss-reactive ketones (excluding diaryl/α,β-unsaturated/α-hetero) is 1. The molecule has 0 saturated heterocycles. The maximum Gasteiger partial charge on any atom is 0.159 e. The van der Waals surface area contributed by atoms with E-state index in [4.69, 9.17) is 0 Å². The summed E-state index contributed by atoms with van der Waals surface area (Å²) >= 11 is 0. The molecule has 1 aromatic carbocycles. The van der Waals surface area contributed by atoms with Gasteiger partial charge in [0.2, 0.25) is 0 Å². The van der Waals surface area contributed by atoms with Crippen molar-refractivity contribution in [1.82, 2.24) is 0 Å². The van der Waals surface area contributed by atoms with Crippen molar-refractivity contribution in [2.45, 2.75) is 65.2 Å². The molecule has 0 heterocycles. The first-order valence-electron chi connectivity index (χ1n) is 7.36. The first-order valence-corrected chi connectivity index (χ1v) is 7.36. The predicted octanol–water partition coefficient (Wildman–Crippen LogP) is 4.87. The topological polar surface area (TPSA) is 17.1 Å². The van der Waals surface area contributed by atoms with Gasteiger partial charge in [-0.1, -0.05) is 53.2 Å². The molecule has 0 aliphatic heterocycles. The molecular weight excluding hydrogens is 232 g/mol. The van der Waals surface area contributed by atoms with Crippen molar-refractivity contribution in [3.63, 3.8) is 0 Å². The zero-order valence-electron chi connectivity index (χ0n) is 13.1. The van der Waals surface area contributed by atoms with E-state index in [1.807, 2.05) is 6.07 Å². The number of rotatable bonds is 2. The lowest BCUT2D eigenvalue weighted by atomic mass is 9.57. The molecule has 0 fully saturated rings. The van der Waals surface area contributed by atoms with E-state index in [9.17, 15) is 4.79 Å². The van der Waals surface area contributed by atoms with Crippen LogP contribution in [-0.4, -0.2) is 5.78 Å². The normalized spacial score (nSPS) is 23.8. The summed E-state index contributed by atoms with van der Waals surface area (Å²) in [5.74, 6) is 0.868. The van der Waals surface area contributed by atoms with Gasteiger partial charge in [-0.3, -0.25) is 4.79 Å². The van der Waals surface area contributed by atoms with E-state index in [2.05, 4.69) is 46.8 Å². The zero-order valence-corrected chi connectivity index (χ0v) is 13.1. The molecule has 19 heavy (non-hydrogen) atoms. The van der Waals surface area contributed by atoms with Crippen LogP contribution in [0.5, 0.6) is 0 Å². The number of benzene rings is 1. The Morgan fingerprint density at radius 3 is 2.37 bits per heavy atom. The van der Waals surface area contributed by atoms with E-state index in [-0.39, 0.29) is 16.6 Å². The SMILES string of the molecule is CCC1CC(C)(C)c2cc(C(C)=O)ccc2C1(C)C. The zero-order chi connectivity index (χ0) is 14.4. The van der Waals surface area contributed by atoms with Crippen LogP contribution >= 0.6 is 0 Å². The molecule has 0 bridgehead atoms. The molecule has 0 radical (unpaired) electrons. The second kappa shape index (κ2) is 4.47. The second-order valence-electron chi connectivity index (χ2n) is 7.23. The van der Waals surface area contributed by atoms with Crippen LogP contribution < -0.4 is 0 Å². The van der Waals surface area contributed by atoms with Gasteiger partial charge in [0.15, 0.2) is 5.78 Å². The maximum absolute atomic E-state index is 11.6. The van der Waals surface area contributed by atoms with Gasteiger partial charge in [0.25, 0.3) is 0 Å². The van der Waals surface area contributed by atoms with Gasteiger partial charge in [0, 0.05) is 5.56 Å². The van der Waals surface area contributed by atoms with Gasteiger partial charge in [0.1, 0.15) is 0 Å². The third kappa shape index (κ3) is 2.24. The van der Waals surface area contributed by atoms with Crippen molar-refractivity contribution in [2.75, 3.05) is 0 Å². The van der Waals surface area contributed by atoms with Crippen LogP contribution in [0.3, 0.4) is 0 Å². The van der Waals surface area contributed by atoms with Crippen LogP contribution in [0, 0.1) is 5.92 Å². The van der Waals surface area contributed by atoms with E-state index in [0.717, 1.165) is 5.56 Å². The summed E-state index contributed by atoms with van der Waals surface area (Å²) in [7, 11) is 0. The average molecular weight is 258 g/mol. The van der Waals surface area contributed by atoms with Gasteiger partial charge in [-0.25, -0.2) is 0 Å². The molecule has 1 aliphatic carbocycles.